The summed E-state index contributed by atoms with van der Waals surface area (Å²) in [5.74, 6) is -2.42. The van der Waals surface area contributed by atoms with Gasteiger partial charge < -0.3 is 21.1 Å². The highest BCUT2D eigenvalue weighted by atomic mass is 16.4. The van der Waals surface area contributed by atoms with Gasteiger partial charge in [-0.25, -0.2) is 4.79 Å². The monoisotopic (exact) mass is 483 g/mol. The van der Waals surface area contributed by atoms with Gasteiger partial charge in [0, 0.05) is 18.3 Å². The number of carboxylic acid groups (broad SMARTS) is 1. The molecule has 180 valence electrons. The molecule has 0 radical (unpaired) electrons. The van der Waals surface area contributed by atoms with Crippen molar-refractivity contribution in [2.24, 2.45) is 5.10 Å². The highest BCUT2D eigenvalue weighted by Crippen LogP contribution is 2.27. The zero-order chi connectivity index (χ0) is 25.7. The van der Waals surface area contributed by atoms with Gasteiger partial charge in [-0.3, -0.25) is 19.8 Å². The smallest absolute Gasteiger partial charge is 0.337 e. The van der Waals surface area contributed by atoms with Crippen molar-refractivity contribution < 1.29 is 24.3 Å². The molecule has 0 bridgehead atoms. The van der Waals surface area contributed by atoms with E-state index in [1.807, 2.05) is 0 Å². The Hall–Kier alpha value is -5.25. The summed E-state index contributed by atoms with van der Waals surface area (Å²) in [5.41, 5.74) is 5.28. The second-order valence-electron chi connectivity index (χ2n) is 7.62. The molecule has 2 amide bonds. The van der Waals surface area contributed by atoms with E-state index in [4.69, 9.17) is 0 Å². The average Bonchev–Trinajstić information content (AvgIpc) is 2.88. The number of Topliss-reactive ketones (excluding diaryl/α,β-unsaturated/α-hetero) is 1. The third-order valence-electron chi connectivity index (χ3n) is 5.43. The van der Waals surface area contributed by atoms with E-state index in [1.165, 1.54) is 18.2 Å². The number of fused-ring (bicyclic) bond motifs is 1. The van der Waals surface area contributed by atoms with Crippen LogP contribution >= 0.6 is 0 Å². The fraction of sp³-hybridized carbons (Fsp3) is 0.0385. The third-order valence-corrected chi connectivity index (χ3v) is 5.43. The number of aromatic carboxylic acids is 1. The highest BCUT2D eigenvalue weighted by molar-refractivity contribution is 6.59. The molecule has 36 heavy (non-hydrogen) atoms. The first-order valence-corrected chi connectivity index (χ1v) is 10.8. The van der Waals surface area contributed by atoms with Crippen LogP contribution in [0, 0.1) is 0 Å². The Morgan fingerprint density at radius 1 is 0.944 bits per heavy atom. The molecule has 3 aromatic carbocycles. The number of rotatable bonds is 8. The molecule has 0 fully saturated rings. The Balaban J connectivity index is 1.66. The number of nitrogens with zero attached hydrogens (tertiary/aromatic N) is 1. The van der Waals surface area contributed by atoms with E-state index in [-0.39, 0.29) is 22.5 Å². The molecule has 10 nitrogen and oxygen atoms in total. The zero-order valence-electron chi connectivity index (χ0n) is 19.0. The molecule has 0 aliphatic heterocycles. The van der Waals surface area contributed by atoms with Crippen molar-refractivity contribution in [3.63, 3.8) is 0 Å². The van der Waals surface area contributed by atoms with Crippen molar-refractivity contribution in [2.75, 3.05) is 28.4 Å². The van der Waals surface area contributed by atoms with Gasteiger partial charge in [0.15, 0.2) is 0 Å². The van der Waals surface area contributed by atoms with E-state index in [9.17, 15) is 24.3 Å². The van der Waals surface area contributed by atoms with Gasteiger partial charge in [-0.1, -0.05) is 36.4 Å². The van der Waals surface area contributed by atoms with E-state index in [2.05, 4.69) is 26.5 Å². The molecule has 0 atom stereocenters. The van der Waals surface area contributed by atoms with Crippen LogP contribution in [0.4, 0.5) is 22.7 Å². The molecule has 1 aliphatic carbocycles. The van der Waals surface area contributed by atoms with Crippen LogP contribution in [0.3, 0.4) is 0 Å². The lowest BCUT2D eigenvalue weighted by Gasteiger charge is -2.18. The summed E-state index contributed by atoms with van der Waals surface area (Å²) in [7, 11) is 1.67. The number of nitrogens with one attached hydrogen (secondary N) is 4. The fourth-order valence-corrected chi connectivity index (χ4v) is 3.69. The average molecular weight is 483 g/mol. The molecular weight excluding hydrogens is 462 g/mol. The van der Waals surface area contributed by atoms with Crippen LogP contribution in [0.5, 0.6) is 0 Å². The van der Waals surface area contributed by atoms with E-state index in [1.54, 1.807) is 61.6 Å². The summed E-state index contributed by atoms with van der Waals surface area (Å²) in [4.78, 5) is 48.7. The zero-order valence-corrected chi connectivity index (χ0v) is 19.0. The fourth-order valence-electron chi connectivity index (χ4n) is 3.69. The Bertz CT molecular complexity index is 1440. The van der Waals surface area contributed by atoms with Crippen LogP contribution in [0.2, 0.25) is 0 Å². The van der Waals surface area contributed by atoms with Crippen molar-refractivity contribution in [1.82, 2.24) is 0 Å². The third kappa shape index (κ3) is 4.82. The van der Waals surface area contributed by atoms with Crippen LogP contribution < -0.4 is 21.4 Å². The van der Waals surface area contributed by atoms with Gasteiger partial charge in [0.1, 0.15) is 5.71 Å². The molecule has 5 N–H and O–H groups in total. The summed E-state index contributed by atoms with van der Waals surface area (Å²) in [5, 5.41) is 21.8. The van der Waals surface area contributed by atoms with Gasteiger partial charge >= 0.3 is 5.97 Å². The molecule has 1 aliphatic rings. The lowest BCUT2D eigenvalue weighted by molar-refractivity contribution is -0.117. The van der Waals surface area contributed by atoms with Crippen LogP contribution in [0.25, 0.3) is 6.08 Å². The van der Waals surface area contributed by atoms with Gasteiger partial charge in [0.25, 0.3) is 5.91 Å². The van der Waals surface area contributed by atoms with Crippen LogP contribution in [-0.4, -0.2) is 41.9 Å². The number of carbonyl (C=O) groups is 4. The minimum atomic E-state index is -1.15. The number of amides is 2. The Morgan fingerprint density at radius 2 is 1.69 bits per heavy atom. The maximum absolute atomic E-state index is 13.3. The molecule has 0 aromatic heterocycles. The highest BCUT2D eigenvalue weighted by Gasteiger charge is 2.30. The number of hydrogen-bond acceptors (Lipinski definition) is 7. The number of carbonyl (C=O) groups excluding carboxylic acids is 3. The number of para-hydroxylation sites is 1. The number of hydrazone groups is 1. The van der Waals surface area contributed by atoms with Crippen LogP contribution in [0.15, 0.2) is 77.4 Å². The molecule has 3 aromatic rings. The summed E-state index contributed by atoms with van der Waals surface area (Å²) < 4.78 is 0. The largest absolute Gasteiger partial charge is 0.478 e. The molecular formula is C26H21N5O5. The second kappa shape index (κ2) is 10.3. The van der Waals surface area contributed by atoms with Crippen molar-refractivity contribution in [2.45, 2.75) is 0 Å². The number of anilines is 4. The van der Waals surface area contributed by atoms with Gasteiger partial charge in [-0.15, -0.1) is 0 Å². The summed E-state index contributed by atoms with van der Waals surface area (Å²) in [6.45, 7) is 0. The van der Waals surface area contributed by atoms with Crippen LogP contribution in [0.1, 0.15) is 21.5 Å². The minimum absolute atomic E-state index is 0.0141. The lowest BCUT2D eigenvalue weighted by Crippen LogP contribution is -2.30. The van der Waals surface area contributed by atoms with Gasteiger partial charge in [-0.05, 0) is 42.0 Å². The van der Waals surface area contributed by atoms with E-state index >= 15 is 0 Å². The van der Waals surface area contributed by atoms with Gasteiger partial charge in [0.2, 0.25) is 12.2 Å². The quantitative estimate of drug-likeness (QED) is 0.187. The molecule has 0 heterocycles. The van der Waals surface area contributed by atoms with E-state index < -0.39 is 17.7 Å². The Labute approximate surface area is 205 Å². The Morgan fingerprint density at radius 3 is 2.44 bits per heavy atom. The predicted octanol–water partition coefficient (Wildman–Crippen LogP) is 3.42. The lowest BCUT2D eigenvalue weighted by atomic mass is 9.89. The molecule has 0 saturated heterocycles. The first kappa shape index (κ1) is 23.9. The second-order valence-corrected chi connectivity index (χ2v) is 7.62. The van der Waals surface area contributed by atoms with Gasteiger partial charge in [-0.2, -0.15) is 5.10 Å². The maximum atomic E-state index is 13.3. The van der Waals surface area contributed by atoms with E-state index in [0.717, 1.165) is 0 Å². The van der Waals surface area contributed by atoms with Gasteiger partial charge in [0.05, 0.1) is 28.2 Å². The maximum Gasteiger partial charge on any atom is 0.337 e. The molecule has 0 spiro atoms. The molecule has 4 rings (SSSR count). The normalized spacial score (nSPS) is 13.3. The Kier molecular flexibility index (Phi) is 6.87. The van der Waals surface area contributed by atoms with Crippen molar-refractivity contribution in [3.05, 3.63) is 89.0 Å². The molecule has 0 unspecified atom stereocenters. The SMILES string of the molecule is CNc1cc(NC(=O)C2=Cc3ccccc3/C(=N/Nc3ccccc3C(=O)O)C2=O)ccc1NC=O. The van der Waals surface area contributed by atoms with Crippen molar-refractivity contribution in [1.29, 1.82) is 0 Å². The molecule has 10 heteroatoms. The van der Waals surface area contributed by atoms with Crippen molar-refractivity contribution in [3.8, 4) is 0 Å². The number of carboxylic acids is 1. The van der Waals surface area contributed by atoms with Crippen LogP contribution in [-0.2, 0) is 14.4 Å². The number of hydrogen-bond donors (Lipinski definition) is 5. The standard InChI is InChI=1S/C26H21N5O5/c1-27-22-13-16(10-11-21(22)28-14-32)29-25(34)19-12-15-6-2-3-7-17(15)23(24(19)33)31-30-20-9-5-4-8-18(20)26(35)36/h2-14,27,30H,1H3,(H,28,32)(H,29,34)(H,35,36)/b31-23-. The summed E-state index contributed by atoms with van der Waals surface area (Å²) in [6.07, 6.45) is 2.03. The van der Waals surface area contributed by atoms with Crippen molar-refractivity contribution >= 4 is 58.6 Å². The topological polar surface area (TPSA) is 149 Å². The predicted molar refractivity (Wildman–Crippen MR) is 137 cm³/mol. The van der Waals surface area contributed by atoms with E-state index in [0.29, 0.717) is 34.6 Å². The first-order chi connectivity index (χ1) is 17.4. The summed E-state index contributed by atoms with van der Waals surface area (Å²) >= 11 is 0. The first-order valence-electron chi connectivity index (χ1n) is 10.8. The number of benzene rings is 3. The summed E-state index contributed by atoms with van der Waals surface area (Å²) in [6, 6.07) is 17.9. The number of ketones is 1. The molecule has 0 saturated carbocycles. The minimum Gasteiger partial charge on any atom is -0.478 e.